The number of aromatic nitrogens is 2. The number of carbonyl (C=O) groups excluding carboxylic acids is 1. The fraction of sp³-hybridized carbons (Fsp3) is 0.591. The van der Waals surface area contributed by atoms with E-state index in [1.807, 2.05) is 0 Å². The molecule has 0 bridgehead atoms. The van der Waals surface area contributed by atoms with Crippen LogP contribution in [0, 0.1) is 5.92 Å². The van der Waals surface area contributed by atoms with Gasteiger partial charge in [0.05, 0.1) is 6.54 Å². The quantitative estimate of drug-likeness (QED) is 0.715. The number of amides is 1. The summed E-state index contributed by atoms with van der Waals surface area (Å²) in [7, 11) is 0. The van der Waals surface area contributed by atoms with Crippen molar-refractivity contribution in [1.29, 1.82) is 0 Å². The van der Waals surface area contributed by atoms with Crippen LogP contribution in [0.2, 0.25) is 0 Å². The van der Waals surface area contributed by atoms with Crippen LogP contribution in [-0.2, 0) is 17.9 Å². The Morgan fingerprint density at radius 2 is 1.86 bits per heavy atom. The second-order valence-corrected chi connectivity index (χ2v) is 8.27. The molecule has 0 N–H and O–H groups in total. The van der Waals surface area contributed by atoms with Crippen molar-refractivity contribution in [2.45, 2.75) is 38.8 Å². The first kappa shape index (κ1) is 20.0. The second-order valence-electron chi connectivity index (χ2n) is 8.27. The average molecular weight is 398 g/mol. The van der Waals surface area contributed by atoms with E-state index in [1.165, 1.54) is 24.8 Å². The monoisotopic (exact) mass is 397 g/mol. The molecular formula is C22H31N5O2. The van der Waals surface area contributed by atoms with Crippen LogP contribution in [0.1, 0.15) is 37.1 Å². The van der Waals surface area contributed by atoms with Gasteiger partial charge in [0.1, 0.15) is 0 Å². The first-order valence-electron chi connectivity index (χ1n) is 10.8. The molecule has 4 rings (SSSR count). The number of nitrogens with zero attached hydrogens (tertiary/aromatic N) is 5. The normalized spacial score (nSPS) is 21.4. The average Bonchev–Trinajstić information content (AvgIpc) is 3.27. The molecule has 7 heteroatoms. The van der Waals surface area contributed by atoms with E-state index in [1.54, 1.807) is 0 Å². The van der Waals surface area contributed by atoms with Gasteiger partial charge in [-0.1, -0.05) is 35.5 Å². The lowest BCUT2D eigenvalue weighted by molar-refractivity contribution is -0.133. The number of piperazine rings is 1. The van der Waals surface area contributed by atoms with Gasteiger partial charge in [0, 0.05) is 45.7 Å². The van der Waals surface area contributed by atoms with E-state index < -0.39 is 0 Å². The Labute approximate surface area is 172 Å². The molecule has 156 valence electrons. The summed E-state index contributed by atoms with van der Waals surface area (Å²) in [5.74, 6) is 1.65. The first-order valence-corrected chi connectivity index (χ1v) is 10.8. The van der Waals surface area contributed by atoms with Gasteiger partial charge in [0.2, 0.25) is 12.3 Å². The van der Waals surface area contributed by atoms with Crippen molar-refractivity contribution in [3.05, 3.63) is 48.1 Å². The van der Waals surface area contributed by atoms with E-state index in [-0.39, 0.29) is 0 Å². The molecule has 0 spiro atoms. The summed E-state index contributed by atoms with van der Waals surface area (Å²) in [6, 6.07) is 10.6. The van der Waals surface area contributed by atoms with Crippen molar-refractivity contribution < 1.29 is 9.32 Å². The van der Waals surface area contributed by atoms with Crippen molar-refractivity contribution in [3.8, 4) is 0 Å². The third kappa shape index (κ3) is 5.87. The predicted octanol–water partition coefficient (Wildman–Crippen LogP) is 2.41. The SMILES string of the molecule is O=C(CCC1CCCN(Cc2ncon2)C1)N1CCN(Cc2ccccc2)CC1. The van der Waals surface area contributed by atoms with Crippen molar-refractivity contribution in [3.63, 3.8) is 0 Å². The molecule has 0 aliphatic carbocycles. The van der Waals surface area contributed by atoms with Gasteiger partial charge in [0.25, 0.3) is 0 Å². The zero-order chi connectivity index (χ0) is 19.9. The Kier molecular flexibility index (Phi) is 6.90. The fourth-order valence-corrected chi connectivity index (χ4v) is 4.48. The van der Waals surface area contributed by atoms with E-state index >= 15 is 0 Å². The summed E-state index contributed by atoms with van der Waals surface area (Å²) in [4.78, 5) is 23.7. The van der Waals surface area contributed by atoms with E-state index in [4.69, 9.17) is 4.52 Å². The highest BCUT2D eigenvalue weighted by molar-refractivity contribution is 5.76. The highest BCUT2D eigenvalue weighted by Crippen LogP contribution is 2.22. The molecule has 1 amide bonds. The van der Waals surface area contributed by atoms with Gasteiger partial charge >= 0.3 is 0 Å². The van der Waals surface area contributed by atoms with Crippen molar-refractivity contribution >= 4 is 5.91 Å². The molecule has 2 aliphatic heterocycles. The molecule has 2 aliphatic rings. The highest BCUT2D eigenvalue weighted by Gasteiger charge is 2.24. The summed E-state index contributed by atoms with van der Waals surface area (Å²) >= 11 is 0. The summed E-state index contributed by atoms with van der Waals surface area (Å²) in [6.07, 6.45) is 5.41. The lowest BCUT2D eigenvalue weighted by Gasteiger charge is -2.35. The van der Waals surface area contributed by atoms with Gasteiger partial charge in [-0.2, -0.15) is 4.98 Å². The zero-order valence-electron chi connectivity index (χ0n) is 17.1. The number of hydrogen-bond donors (Lipinski definition) is 0. The summed E-state index contributed by atoms with van der Waals surface area (Å²) in [5.41, 5.74) is 1.34. The molecule has 3 heterocycles. The molecule has 1 aromatic heterocycles. The predicted molar refractivity (Wildman–Crippen MR) is 110 cm³/mol. The minimum Gasteiger partial charge on any atom is -0.343 e. The van der Waals surface area contributed by atoms with Crippen LogP contribution in [0.3, 0.4) is 0 Å². The van der Waals surface area contributed by atoms with Gasteiger partial charge in [-0.3, -0.25) is 14.6 Å². The molecule has 0 saturated carbocycles. The smallest absolute Gasteiger partial charge is 0.222 e. The molecule has 29 heavy (non-hydrogen) atoms. The van der Waals surface area contributed by atoms with Gasteiger partial charge in [-0.05, 0) is 37.3 Å². The molecule has 2 fully saturated rings. The first-order chi connectivity index (χ1) is 14.3. The molecule has 1 aromatic carbocycles. The lowest BCUT2D eigenvalue weighted by Crippen LogP contribution is -2.48. The number of carbonyl (C=O) groups is 1. The van der Waals surface area contributed by atoms with E-state index in [0.29, 0.717) is 18.2 Å². The third-order valence-corrected chi connectivity index (χ3v) is 6.12. The molecular weight excluding hydrogens is 366 g/mol. The molecule has 7 nitrogen and oxygen atoms in total. The number of hydrogen-bond acceptors (Lipinski definition) is 6. The summed E-state index contributed by atoms with van der Waals surface area (Å²) in [6.45, 7) is 7.42. The Bertz CT molecular complexity index is 744. The summed E-state index contributed by atoms with van der Waals surface area (Å²) in [5, 5.41) is 3.91. The number of piperidine rings is 1. The second kappa shape index (κ2) is 9.98. The van der Waals surface area contributed by atoms with Gasteiger partial charge in [0.15, 0.2) is 5.82 Å². The number of benzene rings is 1. The van der Waals surface area contributed by atoms with Crippen molar-refractivity contribution in [2.24, 2.45) is 5.92 Å². The Morgan fingerprint density at radius 3 is 2.62 bits per heavy atom. The van der Waals surface area contributed by atoms with Crippen molar-refractivity contribution in [1.82, 2.24) is 24.8 Å². The lowest BCUT2D eigenvalue weighted by atomic mass is 9.93. The maximum Gasteiger partial charge on any atom is 0.222 e. The van der Waals surface area contributed by atoms with Crippen LogP contribution >= 0.6 is 0 Å². The highest BCUT2D eigenvalue weighted by atomic mass is 16.5. The minimum absolute atomic E-state index is 0.319. The number of rotatable bonds is 7. The van der Waals surface area contributed by atoms with Crippen LogP contribution in [-0.4, -0.2) is 70.0 Å². The van der Waals surface area contributed by atoms with E-state index in [9.17, 15) is 4.79 Å². The molecule has 2 aromatic rings. The maximum atomic E-state index is 12.7. The topological polar surface area (TPSA) is 65.7 Å². The number of likely N-dealkylation sites (tertiary alicyclic amines) is 1. The van der Waals surface area contributed by atoms with Crippen LogP contribution < -0.4 is 0 Å². The van der Waals surface area contributed by atoms with Crippen LogP contribution in [0.5, 0.6) is 0 Å². The van der Waals surface area contributed by atoms with E-state index in [0.717, 1.165) is 64.6 Å². The van der Waals surface area contributed by atoms with Gasteiger partial charge in [-0.25, -0.2) is 0 Å². The van der Waals surface area contributed by atoms with E-state index in [2.05, 4.69) is 55.2 Å². The molecule has 0 radical (unpaired) electrons. The summed E-state index contributed by atoms with van der Waals surface area (Å²) < 4.78 is 4.83. The van der Waals surface area contributed by atoms with Crippen LogP contribution in [0.4, 0.5) is 0 Å². The standard InChI is InChI=1S/C22H31N5O2/c28-22(27-13-11-25(12-14-27)15-19-5-2-1-3-6-19)9-8-20-7-4-10-26(16-20)17-21-23-18-29-24-21/h1-3,5-6,18,20H,4,7-17H2. The van der Waals surface area contributed by atoms with Gasteiger partial charge in [-0.15, -0.1) is 0 Å². The third-order valence-electron chi connectivity index (χ3n) is 6.12. The Morgan fingerprint density at radius 1 is 1.03 bits per heavy atom. The molecule has 1 unspecified atom stereocenters. The van der Waals surface area contributed by atoms with Crippen LogP contribution in [0.25, 0.3) is 0 Å². The zero-order valence-corrected chi connectivity index (χ0v) is 17.1. The van der Waals surface area contributed by atoms with Gasteiger partial charge < -0.3 is 9.42 Å². The minimum atomic E-state index is 0.319. The van der Waals surface area contributed by atoms with Crippen LogP contribution in [0.15, 0.2) is 41.2 Å². The molecule has 1 atom stereocenters. The Hall–Kier alpha value is -2.25. The largest absolute Gasteiger partial charge is 0.343 e. The van der Waals surface area contributed by atoms with Crippen molar-refractivity contribution in [2.75, 3.05) is 39.3 Å². The molecule has 2 saturated heterocycles. The maximum absolute atomic E-state index is 12.7. The fourth-order valence-electron chi connectivity index (χ4n) is 4.48. The Balaban J connectivity index is 1.16.